The van der Waals surface area contributed by atoms with Gasteiger partial charge in [0.15, 0.2) is 0 Å². The number of carbonyl (C=O) groups excluding carboxylic acids is 2. The van der Waals surface area contributed by atoms with Crippen molar-refractivity contribution in [2.24, 2.45) is 0 Å². The van der Waals surface area contributed by atoms with E-state index in [1.165, 1.54) is 0 Å². The zero-order valence-corrected chi connectivity index (χ0v) is 13.7. The summed E-state index contributed by atoms with van der Waals surface area (Å²) in [6.07, 6.45) is 2.30. The minimum Gasteiger partial charge on any atom is -0.346 e. The predicted molar refractivity (Wildman–Crippen MR) is 86.2 cm³/mol. The minimum atomic E-state index is -0.213. The number of amides is 2. The summed E-state index contributed by atoms with van der Waals surface area (Å²) in [5.74, 6) is -0.310. The fourth-order valence-corrected chi connectivity index (χ4v) is 2.82. The number of hydrogen-bond acceptors (Lipinski definition) is 3. The molecule has 1 saturated heterocycles. The molecular formula is C15H20BrN3O2. The molecule has 2 N–H and O–H groups in total. The van der Waals surface area contributed by atoms with Gasteiger partial charge in [-0.3, -0.25) is 14.5 Å². The number of rotatable bonds is 5. The predicted octanol–water partition coefficient (Wildman–Crippen LogP) is 1.91. The molecule has 5 nitrogen and oxygen atoms in total. The van der Waals surface area contributed by atoms with Gasteiger partial charge in [-0.15, -0.1) is 0 Å². The Bertz CT molecular complexity index is 528. The third-order valence-corrected chi connectivity index (χ3v) is 3.97. The summed E-state index contributed by atoms with van der Waals surface area (Å²) in [7, 11) is 0. The fraction of sp³-hybridized carbons (Fsp3) is 0.467. The summed E-state index contributed by atoms with van der Waals surface area (Å²) >= 11 is 3.38. The Labute approximate surface area is 133 Å². The van der Waals surface area contributed by atoms with Crippen molar-refractivity contribution in [1.82, 2.24) is 10.2 Å². The number of nitrogens with one attached hydrogen (secondary N) is 2. The first-order valence-corrected chi connectivity index (χ1v) is 7.89. The molecule has 0 saturated carbocycles. The number of carbonyl (C=O) groups is 2. The summed E-state index contributed by atoms with van der Waals surface area (Å²) in [5, 5.41) is 5.46. The molecule has 1 aromatic carbocycles. The number of nitrogens with zero attached hydrogens (tertiary/aromatic N) is 1. The van der Waals surface area contributed by atoms with Crippen LogP contribution in [0.2, 0.25) is 0 Å². The second kappa shape index (κ2) is 7.56. The first kappa shape index (κ1) is 16.0. The Kier molecular flexibility index (Phi) is 5.76. The van der Waals surface area contributed by atoms with E-state index in [0.717, 1.165) is 41.7 Å². The highest BCUT2D eigenvalue weighted by Gasteiger charge is 2.15. The van der Waals surface area contributed by atoms with Crippen LogP contribution in [0.4, 0.5) is 5.69 Å². The molecular weight excluding hydrogens is 334 g/mol. The van der Waals surface area contributed by atoms with Gasteiger partial charge in [-0.25, -0.2) is 0 Å². The molecule has 0 atom stereocenters. The Morgan fingerprint density at radius 2 is 1.95 bits per heavy atom. The summed E-state index contributed by atoms with van der Waals surface area (Å²) in [6, 6.07) is 5.64. The van der Waals surface area contributed by atoms with Crippen LogP contribution < -0.4 is 10.6 Å². The van der Waals surface area contributed by atoms with Crippen LogP contribution >= 0.6 is 15.9 Å². The van der Waals surface area contributed by atoms with Gasteiger partial charge < -0.3 is 10.6 Å². The van der Waals surface area contributed by atoms with Crippen molar-refractivity contribution in [1.29, 1.82) is 0 Å². The molecule has 1 heterocycles. The molecule has 0 aliphatic carbocycles. The molecule has 1 aliphatic rings. The highest BCUT2D eigenvalue weighted by molar-refractivity contribution is 9.10. The smallest absolute Gasteiger partial charge is 0.243 e. The van der Waals surface area contributed by atoms with Crippen LogP contribution in [0.1, 0.15) is 18.4 Å². The lowest BCUT2D eigenvalue weighted by atomic mass is 10.2. The zero-order valence-electron chi connectivity index (χ0n) is 12.1. The maximum absolute atomic E-state index is 11.8. The lowest BCUT2D eigenvalue weighted by Gasteiger charge is -2.14. The van der Waals surface area contributed by atoms with Crippen LogP contribution in [0.25, 0.3) is 0 Å². The van der Waals surface area contributed by atoms with E-state index < -0.39 is 0 Å². The maximum Gasteiger partial charge on any atom is 0.243 e. The van der Waals surface area contributed by atoms with E-state index in [0.29, 0.717) is 6.54 Å². The molecule has 2 rings (SSSR count). The van der Waals surface area contributed by atoms with Gasteiger partial charge in [-0.1, -0.05) is 15.9 Å². The third kappa shape index (κ3) is 5.13. The molecule has 0 bridgehead atoms. The molecule has 1 aromatic rings. The van der Waals surface area contributed by atoms with Gasteiger partial charge >= 0.3 is 0 Å². The second-order valence-electron chi connectivity index (χ2n) is 5.27. The normalized spacial score (nSPS) is 15.0. The van der Waals surface area contributed by atoms with Crippen molar-refractivity contribution in [2.75, 3.05) is 31.5 Å². The SMILES string of the molecule is Cc1cc(Br)ccc1NC(=O)CNC(=O)CN1CCCC1. The van der Waals surface area contributed by atoms with Crippen LogP contribution in [-0.2, 0) is 9.59 Å². The van der Waals surface area contributed by atoms with E-state index in [1.54, 1.807) is 0 Å². The van der Waals surface area contributed by atoms with Gasteiger partial charge in [0.2, 0.25) is 11.8 Å². The van der Waals surface area contributed by atoms with Gasteiger partial charge in [0.05, 0.1) is 13.1 Å². The number of halogens is 1. The molecule has 1 aliphatic heterocycles. The Hall–Kier alpha value is -1.40. The molecule has 1 fully saturated rings. The first-order chi connectivity index (χ1) is 10.0. The second-order valence-corrected chi connectivity index (χ2v) is 6.18. The number of likely N-dealkylation sites (tertiary alicyclic amines) is 1. The molecule has 0 unspecified atom stereocenters. The van der Waals surface area contributed by atoms with Gasteiger partial charge in [0.1, 0.15) is 0 Å². The van der Waals surface area contributed by atoms with E-state index in [1.807, 2.05) is 25.1 Å². The van der Waals surface area contributed by atoms with Crippen molar-refractivity contribution in [3.8, 4) is 0 Å². The Balaban J connectivity index is 1.75. The lowest BCUT2D eigenvalue weighted by molar-refractivity contribution is -0.124. The Morgan fingerprint density at radius 1 is 1.24 bits per heavy atom. The van der Waals surface area contributed by atoms with Gasteiger partial charge in [-0.05, 0) is 56.6 Å². The molecule has 0 radical (unpaired) electrons. The molecule has 2 amide bonds. The number of aryl methyl sites for hydroxylation is 1. The van der Waals surface area contributed by atoms with Crippen LogP contribution in [0, 0.1) is 6.92 Å². The van der Waals surface area contributed by atoms with Crippen molar-refractivity contribution in [3.05, 3.63) is 28.2 Å². The fourth-order valence-electron chi connectivity index (χ4n) is 2.34. The third-order valence-electron chi connectivity index (χ3n) is 3.47. The van der Waals surface area contributed by atoms with Crippen molar-refractivity contribution in [3.63, 3.8) is 0 Å². The van der Waals surface area contributed by atoms with Gasteiger partial charge in [0, 0.05) is 10.2 Å². The Morgan fingerprint density at radius 3 is 2.62 bits per heavy atom. The maximum atomic E-state index is 11.8. The summed E-state index contributed by atoms with van der Waals surface area (Å²) in [5.41, 5.74) is 1.73. The van der Waals surface area contributed by atoms with Crippen LogP contribution in [-0.4, -0.2) is 42.9 Å². The largest absolute Gasteiger partial charge is 0.346 e. The van der Waals surface area contributed by atoms with E-state index >= 15 is 0 Å². The van der Waals surface area contributed by atoms with Gasteiger partial charge in [0.25, 0.3) is 0 Å². The van der Waals surface area contributed by atoms with E-state index in [2.05, 4.69) is 31.5 Å². The average Bonchev–Trinajstić information content (AvgIpc) is 2.92. The molecule has 114 valence electrons. The summed E-state index contributed by atoms with van der Waals surface area (Å²) in [4.78, 5) is 25.7. The van der Waals surface area contributed by atoms with Crippen LogP contribution in [0.15, 0.2) is 22.7 Å². The lowest BCUT2D eigenvalue weighted by Crippen LogP contribution is -2.39. The van der Waals surface area contributed by atoms with Crippen LogP contribution in [0.5, 0.6) is 0 Å². The van der Waals surface area contributed by atoms with Crippen molar-refractivity contribution < 1.29 is 9.59 Å². The van der Waals surface area contributed by atoms with Crippen molar-refractivity contribution in [2.45, 2.75) is 19.8 Å². The van der Waals surface area contributed by atoms with E-state index in [4.69, 9.17) is 0 Å². The number of anilines is 1. The summed E-state index contributed by atoms with van der Waals surface area (Å²) in [6.45, 7) is 4.24. The van der Waals surface area contributed by atoms with Crippen LogP contribution in [0.3, 0.4) is 0 Å². The highest BCUT2D eigenvalue weighted by Crippen LogP contribution is 2.19. The molecule has 6 heteroatoms. The number of hydrogen-bond donors (Lipinski definition) is 2. The number of benzene rings is 1. The van der Waals surface area contributed by atoms with E-state index in [-0.39, 0.29) is 18.4 Å². The topological polar surface area (TPSA) is 61.4 Å². The standard InChI is InChI=1S/C15H20BrN3O2/c1-11-8-12(16)4-5-13(11)18-14(20)9-17-15(21)10-19-6-2-3-7-19/h4-5,8H,2-3,6-7,9-10H2,1H3,(H,17,21)(H,18,20). The monoisotopic (exact) mass is 353 g/mol. The van der Waals surface area contributed by atoms with E-state index in [9.17, 15) is 9.59 Å². The zero-order chi connectivity index (χ0) is 15.2. The molecule has 0 aromatic heterocycles. The summed E-state index contributed by atoms with van der Waals surface area (Å²) < 4.78 is 0.969. The highest BCUT2D eigenvalue weighted by atomic mass is 79.9. The average molecular weight is 354 g/mol. The van der Waals surface area contributed by atoms with Gasteiger partial charge in [-0.2, -0.15) is 0 Å². The molecule has 21 heavy (non-hydrogen) atoms. The minimum absolute atomic E-state index is 0.00216. The molecule has 0 spiro atoms. The van der Waals surface area contributed by atoms with Crippen molar-refractivity contribution >= 4 is 33.4 Å². The quantitative estimate of drug-likeness (QED) is 0.849. The first-order valence-electron chi connectivity index (χ1n) is 7.09.